The maximum absolute atomic E-state index is 13.5. The zero-order chi connectivity index (χ0) is 25.6. The summed E-state index contributed by atoms with van der Waals surface area (Å²) in [7, 11) is -2.43. The molecule has 0 aromatic heterocycles. The first kappa shape index (κ1) is 27.8. The molecule has 0 unspecified atom stereocenters. The summed E-state index contributed by atoms with van der Waals surface area (Å²) in [4.78, 5) is 27.5. The highest BCUT2D eigenvalue weighted by atomic mass is 35.5. The summed E-state index contributed by atoms with van der Waals surface area (Å²) < 4.78 is 31.3. The second-order valence-electron chi connectivity index (χ2n) is 8.04. The van der Waals surface area contributed by atoms with Gasteiger partial charge in [0.2, 0.25) is 21.8 Å². The smallest absolute Gasteiger partial charge is 0.244 e. The van der Waals surface area contributed by atoms with E-state index in [4.69, 9.17) is 27.9 Å². The minimum Gasteiger partial charge on any atom is -0.495 e. The van der Waals surface area contributed by atoms with Crippen molar-refractivity contribution in [3.05, 3.63) is 58.1 Å². The average molecular weight is 530 g/mol. The molecule has 0 saturated carbocycles. The number of nitrogens with zero attached hydrogens (tertiary/aromatic N) is 2. The van der Waals surface area contributed by atoms with Gasteiger partial charge in [-0.3, -0.25) is 13.9 Å². The van der Waals surface area contributed by atoms with Gasteiger partial charge in [-0.25, -0.2) is 8.42 Å². The summed E-state index contributed by atoms with van der Waals surface area (Å²) in [5, 5.41) is 3.41. The Morgan fingerprint density at radius 2 is 1.71 bits per heavy atom. The van der Waals surface area contributed by atoms with Crippen molar-refractivity contribution in [1.29, 1.82) is 0 Å². The van der Waals surface area contributed by atoms with Crippen LogP contribution in [0.2, 0.25) is 10.0 Å². The number of methoxy groups -OCH3 is 1. The summed E-state index contributed by atoms with van der Waals surface area (Å²) in [5.41, 5.74) is 0.818. The maximum atomic E-state index is 13.5. The quantitative estimate of drug-likeness (QED) is 0.506. The highest BCUT2D eigenvalue weighted by Gasteiger charge is 2.30. The van der Waals surface area contributed by atoms with E-state index >= 15 is 0 Å². The summed E-state index contributed by atoms with van der Waals surface area (Å²) in [6, 6.07) is 10.3. The Balaban J connectivity index is 2.43. The number of carbonyl (C=O) groups is 2. The lowest BCUT2D eigenvalue weighted by atomic mass is 10.1. The first-order valence-electron chi connectivity index (χ1n) is 10.5. The normalized spacial score (nSPS) is 12.2. The first-order valence-corrected chi connectivity index (χ1v) is 13.1. The van der Waals surface area contributed by atoms with Gasteiger partial charge >= 0.3 is 0 Å². The van der Waals surface area contributed by atoms with E-state index in [-0.39, 0.29) is 29.2 Å². The Hall–Kier alpha value is -2.49. The van der Waals surface area contributed by atoms with E-state index in [1.807, 2.05) is 13.8 Å². The lowest BCUT2D eigenvalue weighted by molar-refractivity contribution is -0.139. The van der Waals surface area contributed by atoms with Gasteiger partial charge in [-0.15, -0.1) is 0 Å². The number of carbonyl (C=O) groups excluding carboxylic acids is 2. The molecule has 11 heteroatoms. The van der Waals surface area contributed by atoms with Crippen LogP contribution >= 0.6 is 23.2 Å². The van der Waals surface area contributed by atoms with E-state index in [2.05, 4.69) is 5.32 Å². The summed E-state index contributed by atoms with van der Waals surface area (Å²) >= 11 is 12.5. The van der Waals surface area contributed by atoms with E-state index in [9.17, 15) is 18.0 Å². The van der Waals surface area contributed by atoms with Crippen LogP contribution in [-0.2, 0) is 26.2 Å². The van der Waals surface area contributed by atoms with E-state index in [1.165, 1.54) is 30.2 Å². The van der Waals surface area contributed by atoms with E-state index < -0.39 is 28.5 Å². The number of sulfonamides is 1. The van der Waals surface area contributed by atoms with Crippen molar-refractivity contribution < 1.29 is 22.7 Å². The Morgan fingerprint density at radius 3 is 2.24 bits per heavy atom. The zero-order valence-electron chi connectivity index (χ0n) is 19.7. The third kappa shape index (κ3) is 7.25. The Kier molecular flexibility index (Phi) is 9.61. The van der Waals surface area contributed by atoms with Crippen molar-refractivity contribution >= 4 is 50.7 Å². The van der Waals surface area contributed by atoms with Gasteiger partial charge in [0.05, 0.1) is 24.1 Å². The molecule has 0 saturated heterocycles. The molecule has 34 heavy (non-hydrogen) atoms. The van der Waals surface area contributed by atoms with Crippen LogP contribution < -0.4 is 14.4 Å². The van der Waals surface area contributed by atoms with E-state index in [1.54, 1.807) is 31.2 Å². The predicted octanol–water partition coefficient (Wildman–Crippen LogP) is 3.71. The molecule has 0 fully saturated rings. The SMILES string of the molecule is COc1ccc(N(CC(=O)N(Cc2ccccc2Cl)[C@H](C)C(=O)NC(C)C)S(C)(=O)=O)cc1Cl. The van der Waals surface area contributed by atoms with Gasteiger partial charge < -0.3 is 15.0 Å². The van der Waals surface area contributed by atoms with Crippen LogP contribution in [0.3, 0.4) is 0 Å². The fourth-order valence-corrected chi connectivity index (χ4v) is 4.51. The van der Waals surface area contributed by atoms with Gasteiger partial charge in [0.1, 0.15) is 18.3 Å². The molecule has 186 valence electrons. The van der Waals surface area contributed by atoms with Gasteiger partial charge in [0, 0.05) is 17.6 Å². The molecule has 2 aromatic carbocycles. The van der Waals surface area contributed by atoms with Gasteiger partial charge in [0.15, 0.2) is 0 Å². The number of hydrogen-bond donors (Lipinski definition) is 1. The number of nitrogens with one attached hydrogen (secondary N) is 1. The zero-order valence-corrected chi connectivity index (χ0v) is 22.0. The van der Waals surface area contributed by atoms with Gasteiger partial charge in [-0.2, -0.15) is 0 Å². The molecule has 1 atom stereocenters. The van der Waals surface area contributed by atoms with Crippen LogP contribution in [0.5, 0.6) is 5.75 Å². The number of halogens is 2. The average Bonchev–Trinajstić information content (AvgIpc) is 2.75. The van der Waals surface area contributed by atoms with Crippen LogP contribution in [-0.4, -0.2) is 57.1 Å². The summed E-state index contributed by atoms with van der Waals surface area (Å²) in [6.45, 7) is 4.69. The predicted molar refractivity (Wildman–Crippen MR) is 135 cm³/mol. The lowest BCUT2D eigenvalue weighted by Gasteiger charge is -2.32. The van der Waals surface area contributed by atoms with Gasteiger partial charge in [-0.1, -0.05) is 41.4 Å². The third-order valence-electron chi connectivity index (χ3n) is 5.00. The van der Waals surface area contributed by atoms with E-state index in [0.717, 1.165) is 10.6 Å². The second kappa shape index (κ2) is 11.8. The lowest BCUT2D eigenvalue weighted by Crippen LogP contribution is -2.52. The third-order valence-corrected chi connectivity index (χ3v) is 6.80. The number of rotatable bonds is 10. The fourth-order valence-electron chi connectivity index (χ4n) is 3.22. The number of amides is 2. The van der Waals surface area contributed by atoms with Crippen LogP contribution in [0.4, 0.5) is 5.69 Å². The molecule has 0 spiro atoms. The molecular weight excluding hydrogens is 501 g/mol. The number of anilines is 1. The van der Waals surface area contributed by atoms with Crippen LogP contribution in [0, 0.1) is 0 Å². The minimum absolute atomic E-state index is 0.0200. The molecule has 0 radical (unpaired) electrons. The topological polar surface area (TPSA) is 96.0 Å². The molecule has 2 rings (SSSR count). The van der Waals surface area contributed by atoms with Crippen LogP contribution in [0.15, 0.2) is 42.5 Å². The van der Waals surface area contributed by atoms with Gasteiger partial charge in [0.25, 0.3) is 0 Å². The Morgan fingerprint density at radius 1 is 1.06 bits per heavy atom. The van der Waals surface area contributed by atoms with Gasteiger partial charge in [-0.05, 0) is 50.6 Å². The Labute approximate surface area is 210 Å². The molecule has 2 aromatic rings. The Bertz CT molecular complexity index is 1140. The number of hydrogen-bond acceptors (Lipinski definition) is 5. The molecule has 8 nitrogen and oxygen atoms in total. The summed E-state index contributed by atoms with van der Waals surface area (Å²) in [6.07, 6.45) is 0.992. The molecule has 2 amide bonds. The van der Waals surface area contributed by atoms with E-state index in [0.29, 0.717) is 16.3 Å². The highest BCUT2D eigenvalue weighted by molar-refractivity contribution is 7.92. The van der Waals surface area contributed by atoms with Crippen molar-refractivity contribution in [1.82, 2.24) is 10.2 Å². The largest absolute Gasteiger partial charge is 0.495 e. The molecular formula is C23H29Cl2N3O5S. The highest BCUT2D eigenvalue weighted by Crippen LogP contribution is 2.30. The van der Waals surface area contributed by atoms with Crippen LogP contribution in [0.25, 0.3) is 0 Å². The monoisotopic (exact) mass is 529 g/mol. The van der Waals surface area contributed by atoms with Crippen LogP contribution in [0.1, 0.15) is 26.3 Å². The van der Waals surface area contributed by atoms with Crippen molar-refractivity contribution in [3.63, 3.8) is 0 Å². The number of ether oxygens (including phenoxy) is 1. The molecule has 0 heterocycles. The maximum Gasteiger partial charge on any atom is 0.244 e. The first-order chi connectivity index (χ1) is 15.8. The second-order valence-corrected chi connectivity index (χ2v) is 10.8. The molecule has 0 aliphatic heterocycles. The fraction of sp³-hybridized carbons (Fsp3) is 0.391. The van der Waals surface area contributed by atoms with Crippen molar-refractivity contribution in [2.45, 2.75) is 39.4 Å². The number of benzene rings is 2. The van der Waals surface area contributed by atoms with Crippen molar-refractivity contribution in [2.24, 2.45) is 0 Å². The standard InChI is InChI=1S/C23H29Cl2N3O5S/c1-15(2)26-23(30)16(3)27(13-17-8-6-7-9-19(17)24)22(29)14-28(34(5,31)32)18-10-11-21(33-4)20(25)12-18/h6-12,15-16H,13-14H2,1-5H3,(H,26,30)/t16-/m1/s1. The summed E-state index contributed by atoms with van der Waals surface area (Å²) in [5.74, 6) is -0.581. The molecule has 1 N–H and O–H groups in total. The molecule has 0 aliphatic rings. The molecule has 0 bridgehead atoms. The van der Waals surface area contributed by atoms with Crippen molar-refractivity contribution in [2.75, 3.05) is 24.2 Å². The minimum atomic E-state index is -3.87. The molecule has 0 aliphatic carbocycles. The van der Waals surface area contributed by atoms with Crippen molar-refractivity contribution in [3.8, 4) is 5.75 Å².